The monoisotopic (exact) mass is 282 g/mol. The molecule has 0 N–H and O–H groups in total. The van der Waals surface area contributed by atoms with Gasteiger partial charge >= 0.3 is 0 Å². The molecule has 108 valence electrons. The molecule has 0 spiro atoms. The minimum absolute atomic E-state index is 0.0993. The Morgan fingerprint density at radius 3 is 2.52 bits per heavy atom. The summed E-state index contributed by atoms with van der Waals surface area (Å²) in [7, 11) is 0. The van der Waals surface area contributed by atoms with Gasteiger partial charge in [0, 0.05) is 31.3 Å². The molecule has 1 aromatic carbocycles. The number of benzene rings is 1. The zero-order valence-electron chi connectivity index (χ0n) is 11.9. The Labute approximate surface area is 124 Å². The van der Waals surface area contributed by atoms with Crippen molar-refractivity contribution >= 4 is 11.6 Å². The van der Waals surface area contributed by atoms with Crippen LogP contribution in [0.5, 0.6) is 0 Å². The number of pyridine rings is 1. The molecule has 2 heterocycles. The molecule has 1 aliphatic rings. The van der Waals surface area contributed by atoms with Crippen LogP contribution < -0.4 is 4.90 Å². The second-order valence-corrected chi connectivity index (χ2v) is 5.09. The van der Waals surface area contributed by atoms with Crippen LogP contribution in [0.1, 0.15) is 15.9 Å². The largest absolute Gasteiger partial charge is 0.378 e. The van der Waals surface area contributed by atoms with Crippen LogP contribution in [0.2, 0.25) is 0 Å². The van der Waals surface area contributed by atoms with Gasteiger partial charge in [-0.15, -0.1) is 0 Å². The maximum Gasteiger partial charge on any atom is 0.168 e. The predicted octanol–water partition coefficient (Wildman–Crippen LogP) is 2.34. The standard InChI is InChI=1S/C17H18N2O2/c20-16(12-14-4-2-1-3-5-14)15-6-7-17(18-13-15)19-8-10-21-11-9-19/h1-7,13H,8-12H2. The van der Waals surface area contributed by atoms with Crippen molar-refractivity contribution in [3.8, 4) is 0 Å². The molecule has 0 saturated carbocycles. The van der Waals surface area contributed by atoms with E-state index in [-0.39, 0.29) is 5.78 Å². The van der Waals surface area contributed by atoms with Crippen LogP contribution in [0.4, 0.5) is 5.82 Å². The van der Waals surface area contributed by atoms with E-state index in [0.717, 1.165) is 37.7 Å². The van der Waals surface area contributed by atoms with E-state index in [2.05, 4.69) is 9.88 Å². The summed E-state index contributed by atoms with van der Waals surface area (Å²) in [4.78, 5) is 18.8. The number of Topliss-reactive ketones (excluding diaryl/α,β-unsaturated/α-hetero) is 1. The number of aromatic nitrogens is 1. The molecule has 0 radical (unpaired) electrons. The van der Waals surface area contributed by atoms with Gasteiger partial charge in [0.2, 0.25) is 0 Å². The Morgan fingerprint density at radius 1 is 1.10 bits per heavy atom. The zero-order valence-corrected chi connectivity index (χ0v) is 11.9. The van der Waals surface area contributed by atoms with E-state index in [1.165, 1.54) is 0 Å². The van der Waals surface area contributed by atoms with E-state index >= 15 is 0 Å². The maximum atomic E-state index is 12.2. The van der Waals surface area contributed by atoms with E-state index in [0.29, 0.717) is 12.0 Å². The van der Waals surface area contributed by atoms with Gasteiger partial charge in [0.1, 0.15) is 5.82 Å². The summed E-state index contributed by atoms with van der Waals surface area (Å²) in [5.74, 6) is 1.01. The third-order valence-electron chi connectivity index (χ3n) is 3.61. The highest BCUT2D eigenvalue weighted by atomic mass is 16.5. The third kappa shape index (κ3) is 3.47. The molecular formula is C17H18N2O2. The van der Waals surface area contributed by atoms with Gasteiger partial charge in [0.25, 0.3) is 0 Å². The van der Waals surface area contributed by atoms with Gasteiger partial charge in [-0.1, -0.05) is 30.3 Å². The summed E-state index contributed by atoms with van der Waals surface area (Å²) >= 11 is 0. The Morgan fingerprint density at radius 2 is 1.86 bits per heavy atom. The number of hydrogen-bond donors (Lipinski definition) is 0. The molecule has 1 aliphatic heterocycles. The molecule has 1 aromatic heterocycles. The van der Waals surface area contributed by atoms with Crippen molar-refractivity contribution in [2.24, 2.45) is 0 Å². The van der Waals surface area contributed by atoms with Crippen molar-refractivity contribution in [2.75, 3.05) is 31.2 Å². The van der Waals surface area contributed by atoms with Crippen LogP contribution >= 0.6 is 0 Å². The first-order valence-corrected chi connectivity index (χ1v) is 7.19. The number of nitrogens with zero attached hydrogens (tertiary/aromatic N) is 2. The predicted molar refractivity (Wildman–Crippen MR) is 81.7 cm³/mol. The Hall–Kier alpha value is -2.20. The van der Waals surface area contributed by atoms with E-state index in [9.17, 15) is 4.79 Å². The normalized spacial score (nSPS) is 15.0. The van der Waals surface area contributed by atoms with Crippen molar-refractivity contribution in [1.82, 2.24) is 4.98 Å². The highest BCUT2D eigenvalue weighted by Gasteiger charge is 2.13. The van der Waals surface area contributed by atoms with Crippen molar-refractivity contribution in [3.05, 3.63) is 59.8 Å². The lowest BCUT2D eigenvalue weighted by molar-refractivity contribution is 0.0992. The van der Waals surface area contributed by atoms with Gasteiger partial charge < -0.3 is 9.64 Å². The first-order chi connectivity index (χ1) is 10.3. The van der Waals surface area contributed by atoms with Gasteiger partial charge in [-0.3, -0.25) is 4.79 Å². The van der Waals surface area contributed by atoms with Crippen LogP contribution in [0.3, 0.4) is 0 Å². The second kappa shape index (κ2) is 6.50. The molecule has 4 nitrogen and oxygen atoms in total. The number of carbonyl (C=O) groups excluding carboxylic acids is 1. The van der Waals surface area contributed by atoms with Gasteiger partial charge in [-0.05, 0) is 17.7 Å². The van der Waals surface area contributed by atoms with E-state index in [1.807, 2.05) is 42.5 Å². The van der Waals surface area contributed by atoms with Crippen molar-refractivity contribution in [2.45, 2.75) is 6.42 Å². The average Bonchev–Trinajstić information content (AvgIpc) is 2.57. The van der Waals surface area contributed by atoms with Crippen LogP contribution in [0.25, 0.3) is 0 Å². The number of ketones is 1. The average molecular weight is 282 g/mol. The quantitative estimate of drug-likeness (QED) is 0.807. The molecule has 3 rings (SSSR count). The molecule has 1 fully saturated rings. The summed E-state index contributed by atoms with van der Waals surface area (Å²) in [5.41, 5.74) is 1.69. The minimum atomic E-state index is 0.0993. The van der Waals surface area contributed by atoms with Crippen LogP contribution in [-0.2, 0) is 11.2 Å². The first kappa shape index (κ1) is 13.8. The van der Waals surface area contributed by atoms with Crippen molar-refractivity contribution < 1.29 is 9.53 Å². The Kier molecular flexibility index (Phi) is 4.26. The summed E-state index contributed by atoms with van der Waals surface area (Å²) in [6, 6.07) is 13.6. The Bertz CT molecular complexity index is 590. The smallest absolute Gasteiger partial charge is 0.168 e. The lowest BCUT2D eigenvalue weighted by Crippen LogP contribution is -2.36. The fraction of sp³-hybridized carbons (Fsp3) is 0.294. The van der Waals surface area contributed by atoms with E-state index in [4.69, 9.17) is 4.74 Å². The molecule has 21 heavy (non-hydrogen) atoms. The summed E-state index contributed by atoms with van der Waals surface area (Å²) in [5, 5.41) is 0. The first-order valence-electron chi connectivity index (χ1n) is 7.19. The SMILES string of the molecule is O=C(Cc1ccccc1)c1ccc(N2CCOCC2)nc1. The highest BCUT2D eigenvalue weighted by molar-refractivity contribution is 5.97. The summed E-state index contributed by atoms with van der Waals surface area (Å²) < 4.78 is 5.33. The number of morpholine rings is 1. The number of hydrogen-bond acceptors (Lipinski definition) is 4. The molecule has 2 aromatic rings. The number of carbonyl (C=O) groups is 1. The third-order valence-corrected chi connectivity index (χ3v) is 3.61. The zero-order chi connectivity index (χ0) is 14.5. The highest BCUT2D eigenvalue weighted by Crippen LogP contribution is 2.14. The molecule has 0 unspecified atom stereocenters. The molecular weight excluding hydrogens is 264 g/mol. The van der Waals surface area contributed by atoms with Crippen LogP contribution in [-0.4, -0.2) is 37.1 Å². The lowest BCUT2D eigenvalue weighted by atomic mass is 10.0. The molecule has 0 atom stereocenters. The van der Waals surface area contributed by atoms with Gasteiger partial charge in [-0.2, -0.15) is 0 Å². The van der Waals surface area contributed by atoms with Gasteiger partial charge in [0.05, 0.1) is 13.2 Å². The molecule has 0 aliphatic carbocycles. The molecule has 0 amide bonds. The van der Waals surface area contributed by atoms with Gasteiger partial charge in [-0.25, -0.2) is 4.98 Å². The molecule has 1 saturated heterocycles. The fourth-order valence-electron chi connectivity index (χ4n) is 2.41. The topological polar surface area (TPSA) is 42.4 Å². The van der Waals surface area contributed by atoms with Crippen LogP contribution in [0.15, 0.2) is 48.7 Å². The maximum absolute atomic E-state index is 12.2. The summed E-state index contributed by atoms with van der Waals surface area (Å²) in [6.07, 6.45) is 2.09. The van der Waals surface area contributed by atoms with E-state index in [1.54, 1.807) is 6.20 Å². The second-order valence-electron chi connectivity index (χ2n) is 5.09. The lowest BCUT2D eigenvalue weighted by Gasteiger charge is -2.27. The number of rotatable bonds is 4. The number of ether oxygens (including phenoxy) is 1. The Balaban J connectivity index is 1.67. The number of anilines is 1. The van der Waals surface area contributed by atoms with E-state index < -0.39 is 0 Å². The van der Waals surface area contributed by atoms with Crippen LogP contribution in [0, 0.1) is 0 Å². The summed E-state index contributed by atoms with van der Waals surface area (Å²) in [6.45, 7) is 3.17. The van der Waals surface area contributed by atoms with Crippen molar-refractivity contribution in [3.63, 3.8) is 0 Å². The van der Waals surface area contributed by atoms with Gasteiger partial charge in [0.15, 0.2) is 5.78 Å². The fourth-order valence-corrected chi connectivity index (χ4v) is 2.41. The minimum Gasteiger partial charge on any atom is -0.378 e. The van der Waals surface area contributed by atoms with Crippen molar-refractivity contribution in [1.29, 1.82) is 0 Å². The molecule has 4 heteroatoms. The molecule has 0 bridgehead atoms.